The van der Waals surface area contributed by atoms with E-state index in [0.717, 1.165) is 25.8 Å². The molecule has 0 radical (unpaired) electrons. The first-order chi connectivity index (χ1) is 9.22. The molecule has 1 aliphatic rings. The van der Waals surface area contributed by atoms with Crippen LogP contribution in [0.2, 0.25) is 0 Å². The Bertz CT molecular complexity index is 412. The first-order valence-electron chi connectivity index (χ1n) is 6.96. The highest BCUT2D eigenvalue weighted by Gasteiger charge is 2.29. The highest BCUT2D eigenvalue weighted by molar-refractivity contribution is 8.00. The van der Waals surface area contributed by atoms with Gasteiger partial charge in [-0.3, -0.25) is 4.79 Å². The van der Waals surface area contributed by atoms with Crippen LogP contribution < -0.4 is 0 Å². The van der Waals surface area contributed by atoms with Crippen molar-refractivity contribution in [3.63, 3.8) is 0 Å². The molecule has 2 heterocycles. The van der Waals surface area contributed by atoms with Crippen molar-refractivity contribution < 1.29 is 4.79 Å². The molecule has 1 saturated heterocycles. The lowest BCUT2D eigenvalue weighted by Gasteiger charge is -2.36. The minimum Gasteiger partial charge on any atom is -0.339 e. The van der Waals surface area contributed by atoms with Crippen LogP contribution in [0.3, 0.4) is 0 Å². The lowest BCUT2D eigenvalue weighted by atomic mass is 10.00. The molecule has 2 rings (SSSR count). The average molecular weight is 279 g/mol. The van der Waals surface area contributed by atoms with E-state index >= 15 is 0 Å². The van der Waals surface area contributed by atoms with Crippen molar-refractivity contribution in [3.8, 4) is 0 Å². The Morgan fingerprint density at radius 3 is 2.89 bits per heavy atom. The fourth-order valence-corrected chi connectivity index (χ4v) is 3.30. The zero-order chi connectivity index (χ0) is 13.7. The van der Waals surface area contributed by atoms with Crippen molar-refractivity contribution in [2.45, 2.75) is 56.0 Å². The second-order valence-corrected chi connectivity index (χ2v) is 6.19. The Hall–Kier alpha value is -1.10. The number of carbonyl (C=O) groups is 1. The number of thioether (sulfide) groups is 1. The molecule has 0 aromatic carbocycles. The van der Waals surface area contributed by atoms with Crippen molar-refractivity contribution in [2.24, 2.45) is 0 Å². The van der Waals surface area contributed by atoms with Crippen LogP contribution in [0.4, 0.5) is 0 Å². The Labute approximate surface area is 119 Å². The number of nitrogens with zero attached hydrogens (tertiary/aromatic N) is 3. The molecule has 1 aromatic rings. The third-order valence-corrected chi connectivity index (χ3v) is 4.53. The summed E-state index contributed by atoms with van der Waals surface area (Å²) < 4.78 is 0. The maximum atomic E-state index is 12.5. The maximum Gasteiger partial charge on any atom is 0.236 e. The molecule has 1 aromatic heterocycles. The van der Waals surface area contributed by atoms with Gasteiger partial charge in [-0.05, 0) is 38.7 Å². The predicted octanol–water partition coefficient (Wildman–Crippen LogP) is 2.75. The minimum atomic E-state index is -0.116. The molecule has 0 spiro atoms. The van der Waals surface area contributed by atoms with Crippen LogP contribution in [-0.2, 0) is 4.79 Å². The Kier molecular flexibility index (Phi) is 5.19. The average Bonchev–Trinajstić information content (AvgIpc) is 2.47. The van der Waals surface area contributed by atoms with Gasteiger partial charge in [0.25, 0.3) is 0 Å². The molecule has 2 unspecified atom stereocenters. The van der Waals surface area contributed by atoms with Gasteiger partial charge in [0.05, 0.1) is 5.25 Å². The number of rotatable bonds is 4. The summed E-state index contributed by atoms with van der Waals surface area (Å²) in [4.78, 5) is 22.9. The predicted molar refractivity (Wildman–Crippen MR) is 77.0 cm³/mol. The highest BCUT2D eigenvalue weighted by Crippen LogP contribution is 2.25. The van der Waals surface area contributed by atoms with Crippen LogP contribution in [0, 0.1) is 0 Å². The van der Waals surface area contributed by atoms with Crippen molar-refractivity contribution >= 4 is 17.7 Å². The van der Waals surface area contributed by atoms with Crippen LogP contribution in [0.25, 0.3) is 0 Å². The standard InChI is InChI=1S/C14H21N3OS/c1-3-12-7-4-5-10-17(12)13(18)11(2)19-14-15-8-6-9-16-14/h6,8-9,11-12H,3-5,7,10H2,1-2H3. The monoisotopic (exact) mass is 279 g/mol. The number of piperidine rings is 1. The quantitative estimate of drug-likeness (QED) is 0.628. The zero-order valence-electron chi connectivity index (χ0n) is 11.6. The Balaban J connectivity index is 1.98. The number of aromatic nitrogens is 2. The van der Waals surface area contributed by atoms with Gasteiger partial charge in [0.15, 0.2) is 5.16 Å². The van der Waals surface area contributed by atoms with Gasteiger partial charge in [-0.15, -0.1) is 0 Å². The molecule has 0 N–H and O–H groups in total. The number of carbonyl (C=O) groups excluding carboxylic acids is 1. The largest absolute Gasteiger partial charge is 0.339 e. The molecule has 4 nitrogen and oxygen atoms in total. The molecule has 0 saturated carbocycles. The third kappa shape index (κ3) is 3.69. The van der Waals surface area contributed by atoms with E-state index in [-0.39, 0.29) is 11.2 Å². The van der Waals surface area contributed by atoms with Gasteiger partial charge in [0.2, 0.25) is 5.91 Å². The first kappa shape index (κ1) is 14.3. The summed E-state index contributed by atoms with van der Waals surface area (Å²) in [6.07, 6.45) is 7.98. The molecular weight excluding hydrogens is 258 g/mol. The molecule has 1 aliphatic heterocycles. The van der Waals surface area contributed by atoms with E-state index in [1.807, 2.05) is 6.92 Å². The summed E-state index contributed by atoms with van der Waals surface area (Å²) in [6, 6.07) is 2.20. The molecule has 1 fully saturated rings. The Morgan fingerprint density at radius 1 is 1.47 bits per heavy atom. The van der Waals surface area contributed by atoms with E-state index in [9.17, 15) is 4.79 Å². The molecular formula is C14H21N3OS. The first-order valence-corrected chi connectivity index (χ1v) is 7.84. The van der Waals surface area contributed by atoms with Gasteiger partial charge in [-0.1, -0.05) is 18.7 Å². The lowest BCUT2D eigenvalue weighted by Crippen LogP contribution is -2.46. The lowest BCUT2D eigenvalue weighted by molar-refractivity contribution is -0.134. The molecule has 104 valence electrons. The fraction of sp³-hybridized carbons (Fsp3) is 0.643. The van der Waals surface area contributed by atoms with E-state index in [1.165, 1.54) is 18.2 Å². The van der Waals surface area contributed by atoms with E-state index in [4.69, 9.17) is 0 Å². The molecule has 0 bridgehead atoms. The van der Waals surface area contributed by atoms with E-state index in [2.05, 4.69) is 21.8 Å². The van der Waals surface area contributed by atoms with Crippen molar-refractivity contribution in [1.82, 2.24) is 14.9 Å². The minimum absolute atomic E-state index is 0.116. The van der Waals surface area contributed by atoms with Gasteiger partial charge in [-0.2, -0.15) is 0 Å². The van der Waals surface area contributed by atoms with Crippen LogP contribution in [0.15, 0.2) is 23.6 Å². The molecule has 2 atom stereocenters. The number of hydrogen-bond acceptors (Lipinski definition) is 4. The number of likely N-dealkylation sites (tertiary alicyclic amines) is 1. The smallest absolute Gasteiger partial charge is 0.236 e. The summed E-state index contributed by atoms with van der Waals surface area (Å²) in [5.41, 5.74) is 0. The van der Waals surface area contributed by atoms with Crippen molar-refractivity contribution in [2.75, 3.05) is 6.54 Å². The van der Waals surface area contributed by atoms with Crippen LogP contribution >= 0.6 is 11.8 Å². The highest BCUT2D eigenvalue weighted by atomic mass is 32.2. The van der Waals surface area contributed by atoms with Gasteiger partial charge in [0.1, 0.15) is 0 Å². The molecule has 5 heteroatoms. The second-order valence-electron chi connectivity index (χ2n) is 4.88. The maximum absolute atomic E-state index is 12.5. The number of amides is 1. The van der Waals surface area contributed by atoms with Crippen molar-refractivity contribution in [3.05, 3.63) is 18.5 Å². The summed E-state index contributed by atoms with van der Waals surface area (Å²) in [5, 5.41) is 0.558. The van der Waals surface area contributed by atoms with E-state index in [0.29, 0.717) is 11.2 Å². The van der Waals surface area contributed by atoms with Gasteiger partial charge in [0, 0.05) is 25.0 Å². The molecule has 19 heavy (non-hydrogen) atoms. The van der Waals surface area contributed by atoms with Gasteiger partial charge in [-0.25, -0.2) is 9.97 Å². The topological polar surface area (TPSA) is 46.1 Å². The molecule has 1 amide bonds. The fourth-order valence-electron chi connectivity index (χ4n) is 2.50. The van der Waals surface area contributed by atoms with Gasteiger partial charge < -0.3 is 4.90 Å². The van der Waals surface area contributed by atoms with Crippen LogP contribution in [-0.4, -0.2) is 38.6 Å². The van der Waals surface area contributed by atoms with E-state index in [1.54, 1.807) is 18.5 Å². The molecule has 0 aliphatic carbocycles. The van der Waals surface area contributed by atoms with Crippen LogP contribution in [0.1, 0.15) is 39.5 Å². The normalized spacial score (nSPS) is 21.2. The Morgan fingerprint density at radius 2 is 2.21 bits per heavy atom. The van der Waals surface area contributed by atoms with Crippen LogP contribution in [0.5, 0.6) is 0 Å². The van der Waals surface area contributed by atoms with Gasteiger partial charge >= 0.3 is 0 Å². The summed E-state index contributed by atoms with van der Waals surface area (Å²) in [6.45, 7) is 5.01. The van der Waals surface area contributed by atoms with Crippen molar-refractivity contribution in [1.29, 1.82) is 0 Å². The van der Waals surface area contributed by atoms with E-state index < -0.39 is 0 Å². The second kappa shape index (κ2) is 6.89. The number of hydrogen-bond donors (Lipinski definition) is 0. The summed E-state index contributed by atoms with van der Waals surface area (Å²) in [7, 11) is 0. The summed E-state index contributed by atoms with van der Waals surface area (Å²) in [5.74, 6) is 0.226. The third-order valence-electron chi connectivity index (χ3n) is 3.55. The SMILES string of the molecule is CCC1CCCCN1C(=O)C(C)Sc1ncccn1. The zero-order valence-corrected chi connectivity index (χ0v) is 12.4. The summed E-state index contributed by atoms with van der Waals surface area (Å²) >= 11 is 1.44.